The lowest BCUT2D eigenvalue weighted by Crippen LogP contribution is -2.30. The van der Waals surface area contributed by atoms with Gasteiger partial charge in [-0.2, -0.15) is 0 Å². The van der Waals surface area contributed by atoms with Gasteiger partial charge in [-0.15, -0.1) is 0 Å². The molecule has 1 amide bonds. The number of benzene rings is 3. The molecular formula is C28H29N3O2. The van der Waals surface area contributed by atoms with Crippen LogP contribution in [-0.4, -0.2) is 33.4 Å². The van der Waals surface area contributed by atoms with Crippen LogP contribution >= 0.6 is 0 Å². The number of aromatic nitrogens is 2. The monoisotopic (exact) mass is 439 g/mol. The zero-order chi connectivity index (χ0) is 22.9. The Hall–Kier alpha value is -3.60. The fourth-order valence-corrected chi connectivity index (χ4v) is 4.56. The summed E-state index contributed by atoms with van der Waals surface area (Å²) in [5, 5.41) is 0. The molecule has 0 bridgehead atoms. The highest BCUT2D eigenvalue weighted by Gasteiger charge is 2.21. The summed E-state index contributed by atoms with van der Waals surface area (Å²) in [6.45, 7) is 7.34. The number of ether oxygens (including phenoxy) is 1. The van der Waals surface area contributed by atoms with Crippen LogP contribution in [0.2, 0.25) is 0 Å². The number of aromatic amines is 1. The first-order chi connectivity index (χ1) is 16.0. The van der Waals surface area contributed by atoms with Crippen molar-refractivity contribution < 1.29 is 9.53 Å². The lowest BCUT2D eigenvalue weighted by molar-refractivity contribution is 0.0746. The first-order valence-corrected chi connectivity index (χ1v) is 11.6. The molecule has 0 radical (unpaired) electrons. The number of fused-ring (bicyclic) bond motifs is 2. The third-order valence-electron chi connectivity index (χ3n) is 6.14. The van der Waals surface area contributed by atoms with Crippen LogP contribution in [-0.2, 0) is 13.0 Å². The fourth-order valence-electron chi connectivity index (χ4n) is 4.56. The van der Waals surface area contributed by atoms with Crippen molar-refractivity contribution in [3.63, 3.8) is 0 Å². The third kappa shape index (κ3) is 4.49. The van der Waals surface area contributed by atoms with Crippen molar-refractivity contribution in [3.05, 3.63) is 83.2 Å². The largest absolute Gasteiger partial charge is 0.491 e. The molecule has 5 heteroatoms. The predicted octanol–water partition coefficient (Wildman–Crippen LogP) is 5.91. The maximum absolute atomic E-state index is 13.3. The second kappa shape index (κ2) is 8.74. The van der Waals surface area contributed by atoms with E-state index in [0.717, 1.165) is 53.1 Å². The summed E-state index contributed by atoms with van der Waals surface area (Å²) >= 11 is 0. The third-order valence-corrected chi connectivity index (χ3v) is 6.14. The van der Waals surface area contributed by atoms with Gasteiger partial charge in [-0.05, 0) is 98.3 Å². The van der Waals surface area contributed by atoms with Gasteiger partial charge in [0.1, 0.15) is 11.6 Å². The van der Waals surface area contributed by atoms with E-state index in [4.69, 9.17) is 4.74 Å². The highest BCUT2D eigenvalue weighted by molar-refractivity contribution is 5.94. The smallest absolute Gasteiger partial charge is 0.254 e. The molecule has 33 heavy (non-hydrogen) atoms. The Morgan fingerprint density at radius 1 is 1.00 bits per heavy atom. The van der Waals surface area contributed by atoms with E-state index < -0.39 is 0 Å². The Morgan fingerprint density at radius 3 is 2.55 bits per heavy atom. The molecule has 0 fully saturated rings. The summed E-state index contributed by atoms with van der Waals surface area (Å²) in [5.74, 6) is 1.77. The molecule has 168 valence electrons. The van der Waals surface area contributed by atoms with Crippen molar-refractivity contribution in [1.82, 2.24) is 14.9 Å². The van der Waals surface area contributed by atoms with Crippen molar-refractivity contribution in [2.75, 3.05) is 6.54 Å². The van der Waals surface area contributed by atoms with Crippen molar-refractivity contribution in [3.8, 4) is 16.9 Å². The molecule has 0 saturated heterocycles. The number of imidazole rings is 1. The maximum atomic E-state index is 13.3. The van der Waals surface area contributed by atoms with Crippen molar-refractivity contribution in [2.24, 2.45) is 0 Å². The summed E-state index contributed by atoms with van der Waals surface area (Å²) in [5.41, 5.74) is 7.56. The molecule has 5 nitrogen and oxygen atoms in total. The van der Waals surface area contributed by atoms with Crippen LogP contribution in [0.4, 0.5) is 0 Å². The standard InChI is InChI=1S/C28H29N3O2/c1-18(2)33-25-11-8-21(9-12-25)28(32)31-14-4-5-20-6-7-22(15-24(20)17-31)23-10-13-26-27(16-23)30-19(3)29-26/h6-13,15-16,18H,4-5,14,17H2,1-3H3,(H,29,30). The van der Waals surface area contributed by atoms with E-state index >= 15 is 0 Å². The van der Waals surface area contributed by atoms with Gasteiger partial charge in [0.05, 0.1) is 17.1 Å². The zero-order valence-electron chi connectivity index (χ0n) is 19.4. The quantitative estimate of drug-likeness (QED) is 0.430. The SMILES string of the molecule is Cc1nc2cc(-c3ccc4c(c3)CN(C(=O)c3ccc(OC(C)C)cc3)CCC4)ccc2[nH]1. The molecule has 3 aromatic carbocycles. The number of nitrogens with zero attached hydrogens (tertiary/aromatic N) is 2. The van der Waals surface area contributed by atoms with Gasteiger partial charge >= 0.3 is 0 Å². The van der Waals surface area contributed by atoms with Gasteiger partial charge in [-0.25, -0.2) is 4.98 Å². The van der Waals surface area contributed by atoms with Crippen LogP contribution in [0.3, 0.4) is 0 Å². The Bertz CT molecular complexity index is 1300. The minimum atomic E-state index is 0.0674. The van der Waals surface area contributed by atoms with Gasteiger partial charge in [0.25, 0.3) is 5.91 Å². The molecule has 0 aliphatic carbocycles. The lowest BCUT2D eigenvalue weighted by Gasteiger charge is -2.21. The zero-order valence-corrected chi connectivity index (χ0v) is 19.4. The van der Waals surface area contributed by atoms with Crippen LogP contribution in [0, 0.1) is 6.92 Å². The molecule has 5 rings (SSSR count). The van der Waals surface area contributed by atoms with Gasteiger partial charge in [-0.3, -0.25) is 4.79 Å². The second-order valence-corrected chi connectivity index (χ2v) is 9.06. The first-order valence-electron chi connectivity index (χ1n) is 11.6. The average Bonchev–Trinajstić information content (AvgIpc) is 3.04. The van der Waals surface area contributed by atoms with Gasteiger partial charge < -0.3 is 14.6 Å². The van der Waals surface area contributed by atoms with Gasteiger partial charge in [-0.1, -0.05) is 18.2 Å². The number of amides is 1. The molecule has 0 unspecified atom stereocenters. The van der Waals surface area contributed by atoms with Crippen LogP contribution < -0.4 is 4.74 Å². The second-order valence-electron chi connectivity index (χ2n) is 9.06. The molecule has 0 atom stereocenters. The highest BCUT2D eigenvalue weighted by atomic mass is 16.5. The summed E-state index contributed by atoms with van der Waals surface area (Å²) in [6.07, 6.45) is 2.06. The highest BCUT2D eigenvalue weighted by Crippen LogP contribution is 2.29. The summed E-state index contributed by atoms with van der Waals surface area (Å²) < 4.78 is 5.71. The number of H-pyrrole nitrogens is 1. The van der Waals surface area contributed by atoms with E-state index in [0.29, 0.717) is 12.1 Å². The lowest BCUT2D eigenvalue weighted by atomic mass is 9.97. The molecule has 1 aliphatic rings. The minimum absolute atomic E-state index is 0.0674. The van der Waals surface area contributed by atoms with E-state index in [2.05, 4.69) is 46.4 Å². The Kier molecular flexibility index (Phi) is 5.63. The van der Waals surface area contributed by atoms with Gasteiger partial charge in [0.15, 0.2) is 0 Å². The maximum Gasteiger partial charge on any atom is 0.254 e. The summed E-state index contributed by atoms with van der Waals surface area (Å²) in [7, 11) is 0. The molecule has 4 aromatic rings. The molecule has 0 spiro atoms. The van der Waals surface area contributed by atoms with E-state index in [1.54, 1.807) is 0 Å². The number of nitrogens with one attached hydrogen (secondary N) is 1. The minimum Gasteiger partial charge on any atom is -0.491 e. The Morgan fingerprint density at radius 2 is 1.76 bits per heavy atom. The van der Waals surface area contributed by atoms with Crippen LogP contribution in [0.25, 0.3) is 22.2 Å². The summed E-state index contributed by atoms with van der Waals surface area (Å²) in [4.78, 5) is 23.1. The molecule has 2 heterocycles. The topological polar surface area (TPSA) is 58.2 Å². The molecular weight excluding hydrogens is 410 g/mol. The predicted molar refractivity (Wildman–Crippen MR) is 132 cm³/mol. The normalized spacial score (nSPS) is 13.8. The van der Waals surface area contributed by atoms with Crippen LogP contribution in [0.15, 0.2) is 60.7 Å². The van der Waals surface area contributed by atoms with Gasteiger partial charge in [0.2, 0.25) is 0 Å². The number of hydrogen-bond acceptors (Lipinski definition) is 3. The van der Waals surface area contributed by atoms with E-state index in [1.165, 1.54) is 11.1 Å². The van der Waals surface area contributed by atoms with Crippen molar-refractivity contribution in [2.45, 2.75) is 46.3 Å². The molecule has 1 aliphatic heterocycles. The molecule has 0 saturated carbocycles. The first kappa shape index (κ1) is 21.3. The Labute approximate surface area is 194 Å². The number of rotatable bonds is 4. The number of aryl methyl sites for hydroxylation is 2. The Balaban J connectivity index is 1.39. The number of carbonyl (C=O) groups is 1. The van der Waals surface area contributed by atoms with Crippen LogP contribution in [0.5, 0.6) is 5.75 Å². The average molecular weight is 440 g/mol. The number of carbonyl (C=O) groups excluding carboxylic acids is 1. The van der Waals surface area contributed by atoms with Crippen molar-refractivity contribution >= 4 is 16.9 Å². The van der Waals surface area contributed by atoms with Crippen molar-refractivity contribution in [1.29, 1.82) is 0 Å². The van der Waals surface area contributed by atoms with E-state index in [9.17, 15) is 4.79 Å². The number of hydrogen-bond donors (Lipinski definition) is 1. The molecule has 1 N–H and O–H groups in total. The van der Waals surface area contributed by atoms with Crippen LogP contribution in [0.1, 0.15) is 47.6 Å². The fraction of sp³-hybridized carbons (Fsp3) is 0.286. The molecule has 1 aromatic heterocycles. The van der Waals surface area contributed by atoms with E-state index in [-0.39, 0.29) is 12.0 Å². The van der Waals surface area contributed by atoms with E-state index in [1.807, 2.05) is 49.9 Å². The van der Waals surface area contributed by atoms with Gasteiger partial charge in [0, 0.05) is 18.7 Å². The summed E-state index contributed by atoms with van der Waals surface area (Å²) in [6, 6.07) is 20.5.